The lowest BCUT2D eigenvalue weighted by atomic mass is 10.3. The quantitative estimate of drug-likeness (QED) is 0.567. The van der Waals surface area contributed by atoms with Crippen molar-refractivity contribution in [2.45, 2.75) is 11.3 Å². The molecule has 1 aromatic heterocycles. The fourth-order valence-electron chi connectivity index (χ4n) is 1.08. The number of benzene rings is 1. The third-order valence-electron chi connectivity index (χ3n) is 1.72. The molecule has 14 heavy (non-hydrogen) atoms. The van der Waals surface area contributed by atoms with Gasteiger partial charge in [0.1, 0.15) is 0 Å². The Balaban J connectivity index is 2.21. The number of thioether (sulfide) groups is 1. The minimum Gasteiger partial charge on any atom is -0.230 e. The van der Waals surface area contributed by atoms with Crippen molar-refractivity contribution in [1.82, 2.24) is 4.98 Å². The molecule has 0 N–H and O–H groups in total. The normalized spacial score (nSPS) is 9.79. The highest BCUT2D eigenvalue weighted by molar-refractivity contribution is 8.01. The fraction of sp³-hybridized carbons (Fsp3) is 0.182. The number of hydrogen-bond donors (Lipinski definition) is 0. The predicted molar refractivity (Wildman–Crippen MR) is 63.8 cm³/mol. The van der Waals surface area contributed by atoms with Crippen molar-refractivity contribution in [3.63, 3.8) is 0 Å². The molecule has 0 aliphatic heterocycles. The van der Waals surface area contributed by atoms with Gasteiger partial charge in [0.25, 0.3) is 0 Å². The van der Waals surface area contributed by atoms with E-state index < -0.39 is 0 Å². The average molecular weight is 219 g/mol. The molecule has 2 aromatic rings. The van der Waals surface area contributed by atoms with Gasteiger partial charge in [-0.1, -0.05) is 29.8 Å². The number of thiazole rings is 1. The lowest BCUT2D eigenvalue weighted by Crippen LogP contribution is -1.71. The van der Waals surface area contributed by atoms with E-state index >= 15 is 0 Å². The molecule has 0 fully saturated rings. The summed E-state index contributed by atoms with van der Waals surface area (Å²) in [6, 6.07) is 8.20. The first-order chi connectivity index (χ1) is 6.90. The van der Waals surface area contributed by atoms with Crippen LogP contribution >= 0.6 is 23.1 Å². The second-order valence-electron chi connectivity index (χ2n) is 2.66. The second-order valence-corrected chi connectivity index (χ2v) is 4.92. The summed E-state index contributed by atoms with van der Waals surface area (Å²) in [5.74, 6) is 6.73. The first-order valence-corrected chi connectivity index (χ1v) is 6.08. The van der Waals surface area contributed by atoms with E-state index in [2.05, 4.69) is 22.9 Å². The van der Waals surface area contributed by atoms with Crippen LogP contribution in [0.3, 0.4) is 0 Å². The third kappa shape index (κ3) is 2.09. The van der Waals surface area contributed by atoms with E-state index in [1.165, 1.54) is 4.70 Å². The Morgan fingerprint density at radius 1 is 1.43 bits per heavy atom. The minimum atomic E-state index is 0.830. The Hall–Kier alpha value is -0.980. The molecule has 70 valence electrons. The fourth-order valence-corrected chi connectivity index (χ4v) is 2.96. The van der Waals surface area contributed by atoms with Crippen LogP contribution in [0.15, 0.2) is 28.6 Å². The van der Waals surface area contributed by atoms with Crippen LogP contribution in [0.1, 0.15) is 6.92 Å². The molecule has 0 bridgehead atoms. The first-order valence-electron chi connectivity index (χ1n) is 4.28. The summed E-state index contributed by atoms with van der Waals surface area (Å²) in [6.07, 6.45) is 0. The van der Waals surface area contributed by atoms with Gasteiger partial charge in [0.05, 0.1) is 16.0 Å². The summed E-state index contributed by atoms with van der Waals surface area (Å²) in [5.41, 5.74) is 1.09. The molecule has 0 unspecified atom stereocenters. The molecular formula is C11H9NS2. The number of fused-ring (bicyclic) bond motifs is 1. The summed E-state index contributed by atoms with van der Waals surface area (Å²) >= 11 is 3.44. The van der Waals surface area contributed by atoms with Gasteiger partial charge in [0.15, 0.2) is 4.34 Å². The van der Waals surface area contributed by atoms with Crippen LogP contribution in [0.4, 0.5) is 0 Å². The summed E-state index contributed by atoms with van der Waals surface area (Å²) in [5, 5.41) is 0. The van der Waals surface area contributed by atoms with Crippen LogP contribution in [0, 0.1) is 11.8 Å². The van der Waals surface area contributed by atoms with Crippen molar-refractivity contribution < 1.29 is 0 Å². The third-order valence-corrected chi connectivity index (χ3v) is 3.78. The number of hydrogen-bond acceptors (Lipinski definition) is 3. The van der Waals surface area contributed by atoms with Crippen LogP contribution in [0.2, 0.25) is 0 Å². The van der Waals surface area contributed by atoms with Crippen molar-refractivity contribution in [2.75, 3.05) is 5.75 Å². The molecule has 0 saturated heterocycles. The molecular weight excluding hydrogens is 210 g/mol. The topological polar surface area (TPSA) is 12.9 Å². The zero-order valence-electron chi connectivity index (χ0n) is 7.78. The van der Waals surface area contributed by atoms with E-state index in [1.54, 1.807) is 23.1 Å². The number of nitrogens with zero attached hydrogens (tertiary/aromatic N) is 1. The standard InChI is InChI=1S/C11H9NS2/c1-2-3-8-13-11-12-9-6-4-5-7-10(9)14-11/h4-7H,8H2,1H3. The van der Waals surface area contributed by atoms with E-state index in [-0.39, 0.29) is 0 Å². The summed E-state index contributed by atoms with van der Waals surface area (Å²) in [7, 11) is 0. The SMILES string of the molecule is CC#CCSc1nc2ccccc2s1. The molecule has 0 radical (unpaired) electrons. The highest BCUT2D eigenvalue weighted by Crippen LogP contribution is 2.28. The Kier molecular flexibility index (Phi) is 3.07. The van der Waals surface area contributed by atoms with Crippen LogP contribution in [-0.2, 0) is 0 Å². The van der Waals surface area contributed by atoms with Crippen LogP contribution in [0.25, 0.3) is 10.2 Å². The Morgan fingerprint density at radius 3 is 3.07 bits per heavy atom. The van der Waals surface area contributed by atoms with Gasteiger partial charge < -0.3 is 0 Å². The summed E-state index contributed by atoms with van der Waals surface area (Å²) < 4.78 is 2.36. The largest absolute Gasteiger partial charge is 0.230 e. The van der Waals surface area contributed by atoms with Gasteiger partial charge >= 0.3 is 0 Å². The Morgan fingerprint density at radius 2 is 2.29 bits per heavy atom. The van der Waals surface area contributed by atoms with Gasteiger partial charge in [-0.3, -0.25) is 0 Å². The maximum atomic E-state index is 4.50. The predicted octanol–water partition coefficient (Wildman–Crippen LogP) is 3.41. The molecule has 1 aromatic carbocycles. The Bertz CT molecular complexity index is 457. The van der Waals surface area contributed by atoms with Gasteiger partial charge in [-0.15, -0.1) is 17.3 Å². The summed E-state index contributed by atoms with van der Waals surface area (Å²) in [6.45, 7) is 1.86. The van der Waals surface area contributed by atoms with Crippen LogP contribution in [0.5, 0.6) is 0 Å². The first kappa shape index (κ1) is 9.57. The molecule has 0 aliphatic rings. The molecule has 1 heterocycles. The van der Waals surface area contributed by atoms with Crippen molar-refractivity contribution >= 4 is 33.3 Å². The lowest BCUT2D eigenvalue weighted by molar-refractivity contribution is 1.31. The maximum absolute atomic E-state index is 4.50. The molecule has 1 nitrogen and oxygen atoms in total. The minimum absolute atomic E-state index is 0.830. The second kappa shape index (κ2) is 4.50. The molecule has 2 rings (SSSR count). The number of para-hydroxylation sites is 1. The van der Waals surface area contributed by atoms with E-state index in [0.717, 1.165) is 15.6 Å². The smallest absolute Gasteiger partial charge is 0.152 e. The van der Waals surface area contributed by atoms with Gasteiger partial charge in [0.2, 0.25) is 0 Å². The molecule has 0 amide bonds. The van der Waals surface area contributed by atoms with E-state index in [0.29, 0.717) is 0 Å². The molecule has 0 spiro atoms. The van der Waals surface area contributed by atoms with E-state index in [9.17, 15) is 0 Å². The molecule has 0 atom stereocenters. The van der Waals surface area contributed by atoms with Gasteiger partial charge in [-0.2, -0.15) is 0 Å². The van der Waals surface area contributed by atoms with Crippen molar-refractivity contribution in [1.29, 1.82) is 0 Å². The van der Waals surface area contributed by atoms with E-state index in [1.807, 2.05) is 25.1 Å². The van der Waals surface area contributed by atoms with Crippen molar-refractivity contribution in [3.05, 3.63) is 24.3 Å². The van der Waals surface area contributed by atoms with E-state index in [4.69, 9.17) is 0 Å². The summed E-state index contributed by atoms with van der Waals surface area (Å²) in [4.78, 5) is 4.50. The van der Waals surface area contributed by atoms with Gasteiger partial charge in [-0.25, -0.2) is 4.98 Å². The number of rotatable bonds is 2. The maximum Gasteiger partial charge on any atom is 0.152 e. The van der Waals surface area contributed by atoms with Gasteiger partial charge in [-0.05, 0) is 19.1 Å². The zero-order chi connectivity index (χ0) is 9.80. The van der Waals surface area contributed by atoms with Crippen molar-refractivity contribution in [3.8, 4) is 11.8 Å². The molecule has 3 heteroatoms. The van der Waals surface area contributed by atoms with Crippen molar-refractivity contribution in [2.24, 2.45) is 0 Å². The van der Waals surface area contributed by atoms with Gasteiger partial charge in [0, 0.05) is 0 Å². The monoisotopic (exact) mass is 219 g/mol. The molecule has 0 saturated carbocycles. The van der Waals surface area contributed by atoms with Crippen LogP contribution < -0.4 is 0 Å². The highest BCUT2D eigenvalue weighted by atomic mass is 32.2. The molecule has 0 aliphatic carbocycles. The average Bonchev–Trinajstić information content (AvgIpc) is 2.60. The number of aromatic nitrogens is 1. The lowest BCUT2D eigenvalue weighted by Gasteiger charge is -1.85. The highest BCUT2D eigenvalue weighted by Gasteiger charge is 2.01. The zero-order valence-corrected chi connectivity index (χ0v) is 9.41. The Labute approximate surface area is 91.6 Å². The van der Waals surface area contributed by atoms with Crippen LogP contribution in [-0.4, -0.2) is 10.7 Å².